The number of carbonyl (C=O) groups excluding carboxylic acids is 2. The van der Waals surface area contributed by atoms with Crippen molar-refractivity contribution >= 4 is 46.4 Å². The molecule has 1 aliphatic heterocycles. The molecule has 2 aromatic rings. The third kappa shape index (κ3) is 3.05. The largest absolute Gasteiger partial charge is 0.372 e. The van der Waals surface area contributed by atoms with Gasteiger partial charge in [0.25, 0.3) is 5.91 Å². The zero-order valence-corrected chi connectivity index (χ0v) is 13.9. The molecule has 2 aromatic carbocycles. The van der Waals surface area contributed by atoms with Gasteiger partial charge in [-0.2, -0.15) is 0 Å². The van der Waals surface area contributed by atoms with Gasteiger partial charge in [-0.15, -0.1) is 0 Å². The number of amides is 2. The van der Waals surface area contributed by atoms with Crippen LogP contribution in [0.5, 0.6) is 0 Å². The van der Waals surface area contributed by atoms with Gasteiger partial charge < -0.3 is 5.32 Å². The maximum atomic E-state index is 12.6. The third-order valence-corrected chi connectivity index (χ3v) is 4.31. The van der Waals surface area contributed by atoms with Crippen LogP contribution >= 0.6 is 23.2 Å². The Morgan fingerprint density at radius 2 is 1.87 bits per heavy atom. The van der Waals surface area contributed by atoms with E-state index >= 15 is 0 Å². The SMILES string of the molecule is Cc1ccccc1N1C(=O)C[C@@H](Nc2ccc(Cl)cc2Cl)C1=O. The van der Waals surface area contributed by atoms with E-state index in [1.54, 1.807) is 30.3 Å². The fourth-order valence-electron chi connectivity index (χ4n) is 2.61. The monoisotopic (exact) mass is 348 g/mol. The Morgan fingerprint density at radius 3 is 2.57 bits per heavy atom. The third-order valence-electron chi connectivity index (χ3n) is 3.76. The number of anilines is 2. The van der Waals surface area contributed by atoms with E-state index in [-0.39, 0.29) is 18.2 Å². The first-order valence-electron chi connectivity index (χ1n) is 7.11. The molecule has 0 aromatic heterocycles. The van der Waals surface area contributed by atoms with Crippen LogP contribution in [0, 0.1) is 6.92 Å². The Hall–Kier alpha value is -2.04. The van der Waals surface area contributed by atoms with Crippen LogP contribution in [0.1, 0.15) is 12.0 Å². The number of carbonyl (C=O) groups is 2. The van der Waals surface area contributed by atoms with Gasteiger partial charge in [-0.3, -0.25) is 9.59 Å². The molecule has 0 spiro atoms. The Balaban J connectivity index is 1.85. The van der Waals surface area contributed by atoms with Gasteiger partial charge in [0.15, 0.2) is 0 Å². The van der Waals surface area contributed by atoms with E-state index in [2.05, 4.69) is 5.32 Å². The maximum absolute atomic E-state index is 12.6. The first-order valence-corrected chi connectivity index (χ1v) is 7.87. The van der Waals surface area contributed by atoms with Crippen LogP contribution in [0.2, 0.25) is 10.0 Å². The van der Waals surface area contributed by atoms with Crippen molar-refractivity contribution in [2.45, 2.75) is 19.4 Å². The zero-order valence-electron chi connectivity index (χ0n) is 12.3. The predicted molar refractivity (Wildman–Crippen MR) is 92.2 cm³/mol. The lowest BCUT2D eigenvalue weighted by atomic mass is 10.2. The summed E-state index contributed by atoms with van der Waals surface area (Å²) in [6.45, 7) is 1.87. The van der Waals surface area contributed by atoms with Gasteiger partial charge in [0, 0.05) is 5.02 Å². The summed E-state index contributed by atoms with van der Waals surface area (Å²) in [6, 6.07) is 11.6. The van der Waals surface area contributed by atoms with E-state index in [9.17, 15) is 9.59 Å². The Bertz CT molecular complexity index is 792. The van der Waals surface area contributed by atoms with Crippen molar-refractivity contribution in [2.24, 2.45) is 0 Å². The summed E-state index contributed by atoms with van der Waals surface area (Å²) in [4.78, 5) is 26.1. The van der Waals surface area contributed by atoms with Gasteiger partial charge in [0.05, 0.1) is 22.8 Å². The molecule has 6 heteroatoms. The highest BCUT2D eigenvalue weighted by molar-refractivity contribution is 6.36. The Morgan fingerprint density at radius 1 is 1.13 bits per heavy atom. The van der Waals surface area contributed by atoms with E-state index in [1.165, 1.54) is 4.90 Å². The summed E-state index contributed by atoms with van der Waals surface area (Å²) < 4.78 is 0. The average molecular weight is 349 g/mol. The molecule has 1 heterocycles. The molecule has 4 nitrogen and oxygen atoms in total. The minimum absolute atomic E-state index is 0.0894. The smallest absolute Gasteiger partial charge is 0.256 e. The van der Waals surface area contributed by atoms with Crippen LogP contribution in [0.3, 0.4) is 0 Å². The quantitative estimate of drug-likeness (QED) is 0.851. The number of nitrogens with one attached hydrogen (secondary N) is 1. The molecule has 1 saturated heterocycles. The molecule has 0 saturated carbocycles. The van der Waals surface area contributed by atoms with Crippen molar-refractivity contribution in [1.82, 2.24) is 0 Å². The van der Waals surface area contributed by atoms with Crippen LogP contribution in [0.25, 0.3) is 0 Å². The van der Waals surface area contributed by atoms with Crippen LogP contribution < -0.4 is 10.2 Å². The van der Waals surface area contributed by atoms with Crippen LogP contribution in [-0.2, 0) is 9.59 Å². The highest BCUT2D eigenvalue weighted by atomic mass is 35.5. The molecule has 3 rings (SSSR count). The molecular formula is C17H14Cl2N2O2. The first-order chi connectivity index (χ1) is 11.0. The van der Waals surface area contributed by atoms with Gasteiger partial charge in [0.2, 0.25) is 5.91 Å². The number of halogens is 2. The second kappa shape index (κ2) is 6.22. The number of imide groups is 1. The molecule has 1 N–H and O–H groups in total. The Kier molecular flexibility index (Phi) is 4.28. The van der Waals surface area contributed by atoms with Crippen molar-refractivity contribution in [3.63, 3.8) is 0 Å². The van der Waals surface area contributed by atoms with Crippen LogP contribution in [0.15, 0.2) is 42.5 Å². The fourth-order valence-corrected chi connectivity index (χ4v) is 3.07. The molecule has 2 amide bonds. The van der Waals surface area contributed by atoms with Crippen molar-refractivity contribution in [3.8, 4) is 0 Å². The van der Waals surface area contributed by atoms with E-state index in [4.69, 9.17) is 23.2 Å². The van der Waals surface area contributed by atoms with Crippen LogP contribution in [-0.4, -0.2) is 17.9 Å². The van der Waals surface area contributed by atoms with E-state index in [1.807, 2.05) is 19.1 Å². The second-order valence-electron chi connectivity index (χ2n) is 5.38. The van der Waals surface area contributed by atoms with Gasteiger partial charge in [-0.1, -0.05) is 41.4 Å². The number of para-hydroxylation sites is 1. The predicted octanol–water partition coefficient (Wildman–Crippen LogP) is 4.05. The number of aryl methyl sites for hydroxylation is 1. The molecule has 0 bridgehead atoms. The second-order valence-corrected chi connectivity index (χ2v) is 6.22. The summed E-state index contributed by atoms with van der Waals surface area (Å²) in [7, 11) is 0. The number of nitrogens with zero attached hydrogens (tertiary/aromatic N) is 1. The maximum Gasteiger partial charge on any atom is 0.256 e. The first kappa shape index (κ1) is 15.8. The lowest BCUT2D eigenvalue weighted by Gasteiger charge is -2.18. The van der Waals surface area contributed by atoms with E-state index in [0.717, 1.165) is 5.56 Å². The summed E-state index contributed by atoms with van der Waals surface area (Å²) in [6.07, 6.45) is 0.0894. The van der Waals surface area contributed by atoms with Crippen molar-refractivity contribution < 1.29 is 9.59 Å². The number of benzene rings is 2. The van der Waals surface area contributed by atoms with E-state index in [0.29, 0.717) is 21.4 Å². The molecule has 0 radical (unpaired) electrons. The number of hydrogen-bond donors (Lipinski definition) is 1. The normalized spacial score (nSPS) is 17.7. The molecule has 1 atom stereocenters. The molecule has 0 unspecified atom stereocenters. The van der Waals surface area contributed by atoms with Crippen molar-refractivity contribution in [1.29, 1.82) is 0 Å². The van der Waals surface area contributed by atoms with E-state index < -0.39 is 6.04 Å². The summed E-state index contributed by atoms with van der Waals surface area (Å²) in [5.41, 5.74) is 2.07. The molecule has 118 valence electrons. The van der Waals surface area contributed by atoms with Gasteiger partial charge in [-0.25, -0.2) is 4.90 Å². The molecular weight excluding hydrogens is 335 g/mol. The van der Waals surface area contributed by atoms with Gasteiger partial charge in [-0.05, 0) is 36.8 Å². The Labute approximate surface area is 144 Å². The average Bonchev–Trinajstić information content (AvgIpc) is 2.77. The fraction of sp³-hybridized carbons (Fsp3) is 0.176. The standard InChI is InChI=1S/C17H14Cl2N2O2/c1-10-4-2-3-5-15(10)21-16(22)9-14(17(21)23)20-13-7-6-11(18)8-12(13)19/h2-8,14,20H,9H2,1H3/t14-/m1/s1. The molecule has 1 fully saturated rings. The minimum atomic E-state index is -0.638. The number of hydrogen-bond acceptors (Lipinski definition) is 3. The minimum Gasteiger partial charge on any atom is -0.372 e. The lowest BCUT2D eigenvalue weighted by molar-refractivity contribution is -0.121. The molecule has 1 aliphatic rings. The zero-order chi connectivity index (χ0) is 16.6. The van der Waals surface area contributed by atoms with Gasteiger partial charge >= 0.3 is 0 Å². The number of rotatable bonds is 3. The summed E-state index contributed by atoms with van der Waals surface area (Å²) >= 11 is 12.0. The van der Waals surface area contributed by atoms with Gasteiger partial charge in [0.1, 0.15) is 6.04 Å². The van der Waals surface area contributed by atoms with Crippen molar-refractivity contribution in [2.75, 3.05) is 10.2 Å². The summed E-state index contributed by atoms with van der Waals surface area (Å²) in [5.74, 6) is -0.512. The highest BCUT2D eigenvalue weighted by Gasteiger charge is 2.40. The molecule has 0 aliphatic carbocycles. The van der Waals surface area contributed by atoms with Crippen molar-refractivity contribution in [3.05, 3.63) is 58.1 Å². The highest BCUT2D eigenvalue weighted by Crippen LogP contribution is 2.30. The lowest BCUT2D eigenvalue weighted by Crippen LogP contribution is -2.35. The van der Waals surface area contributed by atoms with Crippen LogP contribution in [0.4, 0.5) is 11.4 Å². The molecule has 23 heavy (non-hydrogen) atoms. The summed E-state index contributed by atoms with van der Waals surface area (Å²) in [5, 5.41) is 3.95. The topological polar surface area (TPSA) is 49.4 Å².